The largest absolute Gasteiger partial charge is 0.376 e. The van der Waals surface area contributed by atoms with E-state index in [0.717, 1.165) is 32.8 Å². The van der Waals surface area contributed by atoms with Crippen molar-refractivity contribution in [2.75, 3.05) is 32.8 Å². The second-order valence-electron chi connectivity index (χ2n) is 5.93. The molecule has 2 aliphatic heterocycles. The summed E-state index contributed by atoms with van der Waals surface area (Å²) < 4.78 is 11.9. The summed E-state index contributed by atoms with van der Waals surface area (Å²) in [6.07, 6.45) is 4.78. The van der Waals surface area contributed by atoms with E-state index in [1.54, 1.807) is 0 Å². The number of ether oxygens (including phenoxy) is 2. The summed E-state index contributed by atoms with van der Waals surface area (Å²) >= 11 is 0. The lowest BCUT2D eigenvalue weighted by molar-refractivity contribution is -0.0746. The van der Waals surface area contributed by atoms with Gasteiger partial charge in [-0.15, -0.1) is 0 Å². The molecule has 0 aliphatic carbocycles. The van der Waals surface area contributed by atoms with Crippen LogP contribution in [0, 0.1) is 0 Å². The summed E-state index contributed by atoms with van der Waals surface area (Å²) in [5.41, 5.74) is 0. The Morgan fingerprint density at radius 2 is 2.00 bits per heavy atom. The summed E-state index contributed by atoms with van der Waals surface area (Å²) in [7, 11) is 0. The van der Waals surface area contributed by atoms with Crippen LogP contribution in [-0.2, 0) is 9.47 Å². The molecule has 0 aromatic carbocycles. The van der Waals surface area contributed by atoms with Crippen molar-refractivity contribution in [3.63, 3.8) is 0 Å². The first kappa shape index (κ1) is 15.2. The number of likely N-dealkylation sites (N-methyl/N-ethyl adjacent to an activating group) is 1. The van der Waals surface area contributed by atoms with E-state index in [1.165, 1.54) is 19.3 Å². The lowest BCUT2D eigenvalue weighted by Crippen LogP contribution is -2.51. The van der Waals surface area contributed by atoms with E-state index < -0.39 is 0 Å². The Morgan fingerprint density at radius 3 is 2.74 bits per heavy atom. The fraction of sp³-hybridized carbons (Fsp3) is 1.00. The van der Waals surface area contributed by atoms with Crippen LogP contribution in [-0.4, -0.2) is 62.0 Å². The lowest BCUT2D eigenvalue weighted by atomic mass is 10.1. The molecule has 0 saturated carbocycles. The van der Waals surface area contributed by atoms with E-state index in [4.69, 9.17) is 9.47 Å². The van der Waals surface area contributed by atoms with Gasteiger partial charge in [0.05, 0.1) is 24.9 Å². The third-order valence-electron chi connectivity index (χ3n) is 4.31. The first-order chi connectivity index (χ1) is 9.22. The maximum absolute atomic E-state index is 6.15. The monoisotopic (exact) mass is 270 g/mol. The third-order valence-corrected chi connectivity index (χ3v) is 4.31. The fourth-order valence-electron chi connectivity index (χ4n) is 3.14. The van der Waals surface area contributed by atoms with Gasteiger partial charge in [-0.25, -0.2) is 0 Å². The van der Waals surface area contributed by atoms with Crippen LogP contribution in [0.2, 0.25) is 0 Å². The highest BCUT2D eigenvalue weighted by Gasteiger charge is 2.31. The van der Waals surface area contributed by atoms with Gasteiger partial charge in [0, 0.05) is 25.7 Å². The molecule has 0 amide bonds. The first-order valence-corrected chi connectivity index (χ1v) is 7.94. The molecule has 2 fully saturated rings. The maximum atomic E-state index is 6.15. The van der Waals surface area contributed by atoms with Crippen LogP contribution in [0.25, 0.3) is 0 Å². The number of hydrogen-bond donors (Lipinski definition) is 1. The lowest BCUT2D eigenvalue weighted by Gasteiger charge is -2.39. The van der Waals surface area contributed by atoms with Crippen molar-refractivity contribution >= 4 is 0 Å². The highest BCUT2D eigenvalue weighted by atomic mass is 16.5. The molecule has 2 saturated heterocycles. The SMILES string of the molecule is CCNCC1CCC(CN2CC(C)OCC2CC)O1. The summed E-state index contributed by atoms with van der Waals surface area (Å²) in [5.74, 6) is 0. The van der Waals surface area contributed by atoms with Gasteiger partial charge in [0.1, 0.15) is 0 Å². The van der Waals surface area contributed by atoms with Crippen molar-refractivity contribution in [3.05, 3.63) is 0 Å². The van der Waals surface area contributed by atoms with Crippen LogP contribution in [0.4, 0.5) is 0 Å². The highest BCUT2D eigenvalue weighted by Crippen LogP contribution is 2.23. The predicted octanol–water partition coefficient (Wildman–Crippen LogP) is 1.64. The first-order valence-electron chi connectivity index (χ1n) is 7.94. The minimum absolute atomic E-state index is 0.363. The Bertz CT molecular complexity index is 263. The Kier molecular flexibility index (Phi) is 6.07. The van der Waals surface area contributed by atoms with Crippen molar-refractivity contribution < 1.29 is 9.47 Å². The molecule has 2 rings (SSSR count). The van der Waals surface area contributed by atoms with Gasteiger partial charge in [0.2, 0.25) is 0 Å². The number of nitrogens with one attached hydrogen (secondary N) is 1. The molecule has 0 bridgehead atoms. The van der Waals surface area contributed by atoms with E-state index in [1.807, 2.05) is 0 Å². The van der Waals surface area contributed by atoms with Crippen LogP contribution in [0.1, 0.15) is 40.0 Å². The van der Waals surface area contributed by atoms with Gasteiger partial charge in [-0.05, 0) is 32.7 Å². The van der Waals surface area contributed by atoms with Crippen molar-refractivity contribution in [1.82, 2.24) is 10.2 Å². The predicted molar refractivity (Wildman–Crippen MR) is 77.5 cm³/mol. The zero-order chi connectivity index (χ0) is 13.7. The maximum Gasteiger partial charge on any atom is 0.0707 e. The van der Waals surface area contributed by atoms with Gasteiger partial charge in [-0.3, -0.25) is 4.90 Å². The molecular formula is C15H30N2O2. The number of morpholine rings is 1. The molecule has 2 heterocycles. The molecule has 4 atom stereocenters. The number of hydrogen-bond acceptors (Lipinski definition) is 4. The number of nitrogens with zero attached hydrogens (tertiary/aromatic N) is 1. The van der Waals surface area contributed by atoms with Crippen LogP contribution >= 0.6 is 0 Å². The normalized spacial score (nSPS) is 36.8. The molecule has 2 aliphatic rings. The Balaban J connectivity index is 1.76. The minimum atomic E-state index is 0.363. The van der Waals surface area contributed by atoms with Crippen LogP contribution in [0.15, 0.2) is 0 Å². The molecule has 4 heteroatoms. The molecule has 112 valence electrons. The van der Waals surface area contributed by atoms with E-state index in [0.29, 0.717) is 24.4 Å². The van der Waals surface area contributed by atoms with Gasteiger partial charge < -0.3 is 14.8 Å². The van der Waals surface area contributed by atoms with Gasteiger partial charge in [-0.2, -0.15) is 0 Å². The molecule has 4 unspecified atom stereocenters. The zero-order valence-electron chi connectivity index (χ0n) is 12.7. The Labute approximate surface area is 117 Å². The van der Waals surface area contributed by atoms with Gasteiger partial charge in [0.25, 0.3) is 0 Å². The van der Waals surface area contributed by atoms with E-state index in [2.05, 4.69) is 31.0 Å². The van der Waals surface area contributed by atoms with E-state index in [9.17, 15) is 0 Å². The average Bonchev–Trinajstić information content (AvgIpc) is 2.84. The molecular weight excluding hydrogens is 240 g/mol. The third kappa shape index (κ3) is 4.42. The molecule has 1 N–H and O–H groups in total. The summed E-state index contributed by atoms with van der Waals surface area (Å²) in [6, 6.07) is 0.576. The molecule has 4 nitrogen and oxygen atoms in total. The molecule has 0 radical (unpaired) electrons. The second kappa shape index (κ2) is 7.58. The number of rotatable bonds is 6. The fourth-order valence-corrected chi connectivity index (χ4v) is 3.14. The smallest absolute Gasteiger partial charge is 0.0707 e. The minimum Gasteiger partial charge on any atom is -0.376 e. The topological polar surface area (TPSA) is 33.7 Å². The van der Waals surface area contributed by atoms with Crippen molar-refractivity contribution in [2.45, 2.75) is 64.4 Å². The van der Waals surface area contributed by atoms with Crippen LogP contribution in [0.3, 0.4) is 0 Å². The summed E-state index contributed by atoms with van der Waals surface area (Å²) in [4.78, 5) is 2.58. The summed E-state index contributed by atoms with van der Waals surface area (Å²) in [5, 5.41) is 3.38. The molecule has 0 spiro atoms. The van der Waals surface area contributed by atoms with Crippen molar-refractivity contribution in [1.29, 1.82) is 0 Å². The Hall–Kier alpha value is -0.160. The van der Waals surface area contributed by atoms with E-state index >= 15 is 0 Å². The summed E-state index contributed by atoms with van der Waals surface area (Å²) in [6.45, 7) is 11.6. The standard InChI is InChI=1S/C15H30N2O2/c1-4-13-11-18-12(3)9-17(13)10-15-7-6-14(19-15)8-16-5-2/h12-16H,4-11H2,1-3H3. The molecule has 0 aromatic heterocycles. The van der Waals surface area contributed by atoms with Crippen LogP contribution in [0.5, 0.6) is 0 Å². The van der Waals surface area contributed by atoms with Gasteiger partial charge in [-0.1, -0.05) is 13.8 Å². The second-order valence-corrected chi connectivity index (χ2v) is 5.93. The highest BCUT2D eigenvalue weighted by molar-refractivity contribution is 4.83. The quantitative estimate of drug-likeness (QED) is 0.795. The Morgan fingerprint density at radius 1 is 1.21 bits per heavy atom. The van der Waals surface area contributed by atoms with Gasteiger partial charge in [0.15, 0.2) is 0 Å². The zero-order valence-corrected chi connectivity index (χ0v) is 12.7. The van der Waals surface area contributed by atoms with E-state index in [-0.39, 0.29) is 0 Å². The van der Waals surface area contributed by atoms with Crippen molar-refractivity contribution in [2.24, 2.45) is 0 Å². The van der Waals surface area contributed by atoms with Gasteiger partial charge >= 0.3 is 0 Å². The van der Waals surface area contributed by atoms with Crippen molar-refractivity contribution in [3.8, 4) is 0 Å². The molecule has 0 aromatic rings. The average molecular weight is 270 g/mol. The molecule has 19 heavy (non-hydrogen) atoms. The van der Waals surface area contributed by atoms with Crippen LogP contribution < -0.4 is 5.32 Å².